The molecule has 5 nitrogen and oxygen atoms in total. The van der Waals surface area contributed by atoms with Crippen LogP contribution in [0.2, 0.25) is 0 Å². The first-order valence-electron chi connectivity index (χ1n) is 8.23. The average Bonchev–Trinajstić information content (AvgIpc) is 2.87. The number of carbonyl (C=O) groups is 2. The van der Waals surface area contributed by atoms with Crippen molar-refractivity contribution in [3.63, 3.8) is 0 Å². The second-order valence-electron chi connectivity index (χ2n) is 6.82. The Morgan fingerprint density at radius 3 is 2.43 bits per heavy atom. The molecule has 2 N–H and O–H groups in total. The maximum absolute atomic E-state index is 12.3. The molecule has 21 heavy (non-hydrogen) atoms. The van der Waals surface area contributed by atoms with E-state index >= 15 is 0 Å². The van der Waals surface area contributed by atoms with Crippen molar-refractivity contribution >= 4 is 11.9 Å². The summed E-state index contributed by atoms with van der Waals surface area (Å²) in [4.78, 5) is 26.0. The molecule has 2 rings (SSSR count). The van der Waals surface area contributed by atoms with Gasteiger partial charge in [0.25, 0.3) is 0 Å². The average molecular weight is 296 g/mol. The van der Waals surface area contributed by atoms with Gasteiger partial charge in [-0.05, 0) is 51.6 Å². The summed E-state index contributed by atoms with van der Waals surface area (Å²) in [5.74, 6) is -1.45. The number of piperidine rings is 1. The second kappa shape index (κ2) is 7.25. The predicted molar refractivity (Wildman–Crippen MR) is 80.9 cm³/mol. The van der Waals surface area contributed by atoms with Crippen molar-refractivity contribution in [2.24, 2.45) is 17.8 Å². The van der Waals surface area contributed by atoms with Crippen LogP contribution in [0.3, 0.4) is 0 Å². The van der Waals surface area contributed by atoms with Crippen molar-refractivity contribution in [1.82, 2.24) is 10.2 Å². The first-order chi connectivity index (χ1) is 9.99. The fraction of sp³-hybridized carbons (Fsp3) is 0.875. The van der Waals surface area contributed by atoms with E-state index in [9.17, 15) is 14.7 Å². The minimum Gasteiger partial charge on any atom is -0.481 e. The molecule has 0 aromatic carbocycles. The van der Waals surface area contributed by atoms with Crippen LogP contribution in [-0.2, 0) is 9.59 Å². The van der Waals surface area contributed by atoms with E-state index in [0.717, 1.165) is 13.1 Å². The summed E-state index contributed by atoms with van der Waals surface area (Å²) in [5.41, 5.74) is 0. The number of likely N-dealkylation sites (tertiary alicyclic amines) is 1. The number of nitrogens with one attached hydrogen (secondary N) is 1. The molecular weight excluding hydrogens is 268 g/mol. The van der Waals surface area contributed by atoms with Crippen LogP contribution >= 0.6 is 0 Å². The molecule has 0 aromatic rings. The van der Waals surface area contributed by atoms with E-state index in [1.807, 2.05) is 6.92 Å². The van der Waals surface area contributed by atoms with Crippen LogP contribution in [-0.4, -0.2) is 47.6 Å². The van der Waals surface area contributed by atoms with E-state index < -0.39 is 11.9 Å². The van der Waals surface area contributed by atoms with Gasteiger partial charge in [-0.1, -0.05) is 13.3 Å². The van der Waals surface area contributed by atoms with E-state index in [-0.39, 0.29) is 11.8 Å². The number of hydrogen-bond donors (Lipinski definition) is 2. The Balaban J connectivity index is 1.81. The molecule has 2 aliphatic rings. The molecule has 5 heteroatoms. The molecule has 1 amide bonds. The molecular formula is C16H28N2O3. The second-order valence-corrected chi connectivity index (χ2v) is 6.82. The van der Waals surface area contributed by atoms with Gasteiger partial charge in [-0.25, -0.2) is 0 Å². The normalized spacial score (nSPS) is 31.8. The highest BCUT2D eigenvalue weighted by Gasteiger charge is 2.41. The lowest BCUT2D eigenvalue weighted by Crippen LogP contribution is -2.46. The zero-order valence-corrected chi connectivity index (χ0v) is 13.2. The molecule has 0 bridgehead atoms. The van der Waals surface area contributed by atoms with E-state index in [4.69, 9.17) is 0 Å². The first-order valence-corrected chi connectivity index (χ1v) is 8.23. The molecule has 2 fully saturated rings. The number of amides is 1. The van der Waals surface area contributed by atoms with Gasteiger partial charge >= 0.3 is 5.97 Å². The lowest BCUT2D eigenvalue weighted by atomic mass is 9.95. The highest BCUT2D eigenvalue weighted by molar-refractivity contribution is 5.85. The van der Waals surface area contributed by atoms with Gasteiger partial charge in [0, 0.05) is 12.6 Å². The molecule has 0 spiro atoms. The first kappa shape index (κ1) is 16.3. The van der Waals surface area contributed by atoms with Gasteiger partial charge in [0.1, 0.15) is 0 Å². The Labute approximate surface area is 127 Å². The van der Waals surface area contributed by atoms with Crippen molar-refractivity contribution in [3.8, 4) is 0 Å². The third-order valence-electron chi connectivity index (χ3n) is 5.04. The largest absolute Gasteiger partial charge is 0.481 e. The molecule has 4 atom stereocenters. The molecule has 1 aliphatic heterocycles. The highest BCUT2D eigenvalue weighted by atomic mass is 16.4. The lowest BCUT2D eigenvalue weighted by molar-refractivity contribution is -0.146. The van der Waals surface area contributed by atoms with Crippen LogP contribution in [0.5, 0.6) is 0 Å². The molecule has 1 saturated carbocycles. The van der Waals surface area contributed by atoms with Crippen molar-refractivity contribution < 1.29 is 14.7 Å². The molecule has 1 heterocycles. The van der Waals surface area contributed by atoms with Crippen LogP contribution in [0.1, 0.15) is 46.0 Å². The molecule has 1 aliphatic carbocycles. The van der Waals surface area contributed by atoms with Crippen molar-refractivity contribution in [1.29, 1.82) is 0 Å². The predicted octanol–water partition coefficient (Wildman–Crippen LogP) is 1.72. The van der Waals surface area contributed by atoms with Crippen LogP contribution in [0.25, 0.3) is 0 Å². The fourth-order valence-corrected chi connectivity index (χ4v) is 3.72. The number of nitrogens with zero attached hydrogens (tertiary/aromatic N) is 1. The maximum atomic E-state index is 12.3. The number of rotatable bonds is 5. The van der Waals surface area contributed by atoms with Crippen LogP contribution in [0.15, 0.2) is 0 Å². The zero-order valence-electron chi connectivity index (χ0n) is 13.2. The summed E-state index contributed by atoms with van der Waals surface area (Å²) in [6, 6.07) is 0.330. The summed E-state index contributed by atoms with van der Waals surface area (Å²) >= 11 is 0. The third-order valence-corrected chi connectivity index (χ3v) is 5.04. The van der Waals surface area contributed by atoms with E-state index in [1.165, 1.54) is 19.3 Å². The maximum Gasteiger partial charge on any atom is 0.307 e. The molecule has 120 valence electrons. The monoisotopic (exact) mass is 296 g/mol. The Bertz CT molecular complexity index is 380. The minimum atomic E-state index is -0.830. The summed E-state index contributed by atoms with van der Waals surface area (Å²) in [6.07, 6.45) is 5.09. The SMILES string of the molecule is CC1CC(C(=O)O)C(C(=O)NCC(C)N2CCCCC2)C1. The minimum absolute atomic E-state index is 0.0735. The summed E-state index contributed by atoms with van der Waals surface area (Å²) in [7, 11) is 0. The van der Waals surface area contributed by atoms with Crippen molar-refractivity contribution in [3.05, 3.63) is 0 Å². The molecule has 0 aromatic heterocycles. The Kier molecular flexibility index (Phi) is 5.62. The third kappa shape index (κ3) is 4.19. The van der Waals surface area contributed by atoms with Gasteiger partial charge in [-0.2, -0.15) is 0 Å². The van der Waals surface area contributed by atoms with E-state index in [2.05, 4.69) is 17.1 Å². The van der Waals surface area contributed by atoms with Crippen LogP contribution in [0.4, 0.5) is 0 Å². The van der Waals surface area contributed by atoms with Crippen LogP contribution in [0, 0.1) is 17.8 Å². The summed E-state index contributed by atoms with van der Waals surface area (Å²) in [5, 5.41) is 12.2. The summed E-state index contributed by atoms with van der Waals surface area (Å²) < 4.78 is 0. The quantitative estimate of drug-likeness (QED) is 0.810. The van der Waals surface area contributed by atoms with Crippen molar-refractivity contribution in [2.75, 3.05) is 19.6 Å². The standard InChI is InChI=1S/C16H28N2O3/c1-11-8-13(14(9-11)16(20)21)15(19)17-10-12(2)18-6-4-3-5-7-18/h11-14H,3-10H2,1-2H3,(H,17,19)(H,20,21). The van der Waals surface area contributed by atoms with E-state index in [1.54, 1.807) is 0 Å². The van der Waals surface area contributed by atoms with Gasteiger partial charge in [0.2, 0.25) is 5.91 Å². The Morgan fingerprint density at radius 2 is 1.81 bits per heavy atom. The smallest absolute Gasteiger partial charge is 0.307 e. The summed E-state index contributed by atoms with van der Waals surface area (Å²) in [6.45, 7) is 7.00. The van der Waals surface area contributed by atoms with Gasteiger partial charge in [-0.3, -0.25) is 14.5 Å². The van der Waals surface area contributed by atoms with Gasteiger partial charge in [0.05, 0.1) is 11.8 Å². The zero-order chi connectivity index (χ0) is 15.4. The van der Waals surface area contributed by atoms with Gasteiger partial charge < -0.3 is 10.4 Å². The lowest BCUT2D eigenvalue weighted by Gasteiger charge is -2.32. The number of carboxylic acid groups (broad SMARTS) is 1. The number of carbonyl (C=O) groups excluding carboxylic acids is 1. The topological polar surface area (TPSA) is 69.6 Å². The molecule has 0 radical (unpaired) electrons. The Morgan fingerprint density at radius 1 is 1.19 bits per heavy atom. The number of aliphatic carboxylic acids is 1. The Hall–Kier alpha value is -1.10. The van der Waals surface area contributed by atoms with Crippen molar-refractivity contribution in [2.45, 2.75) is 52.0 Å². The van der Waals surface area contributed by atoms with Crippen LogP contribution < -0.4 is 5.32 Å². The van der Waals surface area contributed by atoms with E-state index in [0.29, 0.717) is 31.3 Å². The number of hydrogen-bond acceptors (Lipinski definition) is 3. The molecule has 4 unspecified atom stereocenters. The van der Waals surface area contributed by atoms with Gasteiger partial charge in [-0.15, -0.1) is 0 Å². The highest BCUT2D eigenvalue weighted by Crippen LogP contribution is 2.36. The van der Waals surface area contributed by atoms with Gasteiger partial charge in [0.15, 0.2) is 0 Å². The fourth-order valence-electron chi connectivity index (χ4n) is 3.72. The molecule has 1 saturated heterocycles. The number of carboxylic acids is 1.